The molecule has 0 aromatic heterocycles. The summed E-state index contributed by atoms with van der Waals surface area (Å²) in [4.78, 5) is 12.4. The van der Waals surface area contributed by atoms with Crippen LogP contribution in [0.1, 0.15) is 71.9 Å². The van der Waals surface area contributed by atoms with Crippen molar-refractivity contribution < 1.29 is 13.2 Å². The molecule has 0 heterocycles. The van der Waals surface area contributed by atoms with Gasteiger partial charge in [-0.1, -0.05) is 45.9 Å². The quantitative estimate of drug-likeness (QED) is 0.655. The summed E-state index contributed by atoms with van der Waals surface area (Å²) in [6.45, 7) is 14.7. The first-order chi connectivity index (χ1) is 12.7. The lowest BCUT2D eigenvalue weighted by molar-refractivity contribution is -0.123. The molecule has 0 saturated carbocycles. The fraction of sp³-hybridized carbons (Fsp3) is 0.682. The van der Waals surface area contributed by atoms with E-state index in [9.17, 15) is 13.2 Å². The molecule has 0 saturated heterocycles. The van der Waals surface area contributed by atoms with Crippen LogP contribution < -0.4 is 9.62 Å². The first-order valence-electron chi connectivity index (χ1n) is 10.0. The summed E-state index contributed by atoms with van der Waals surface area (Å²) in [7, 11) is -3.43. The van der Waals surface area contributed by atoms with Crippen LogP contribution in [-0.4, -0.2) is 32.7 Å². The third-order valence-corrected chi connectivity index (χ3v) is 5.73. The van der Waals surface area contributed by atoms with Crippen LogP contribution in [0.25, 0.3) is 0 Å². The lowest BCUT2D eigenvalue weighted by atomic mass is 9.82. The molecule has 160 valence electrons. The van der Waals surface area contributed by atoms with E-state index in [2.05, 4.69) is 26.1 Å². The number of amides is 1. The predicted octanol–water partition coefficient (Wildman–Crippen LogP) is 4.43. The van der Waals surface area contributed by atoms with E-state index < -0.39 is 10.0 Å². The van der Waals surface area contributed by atoms with Gasteiger partial charge in [0.2, 0.25) is 15.9 Å². The number of sulfonamides is 1. The minimum atomic E-state index is -3.43. The van der Waals surface area contributed by atoms with E-state index in [1.165, 1.54) is 10.6 Å². The minimum Gasteiger partial charge on any atom is -0.351 e. The van der Waals surface area contributed by atoms with Gasteiger partial charge in [-0.3, -0.25) is 9.10 Å². The Hall–Kier alpha value is -1.56. The molecule has 1 aromatic rings. The van der Waals surface area contributed by atoms with Crippen LogP contribution in [0.3, 0.4) is 0 Å². The molecular weight excluding hydrogens is 372 g/mol. The number of aryl methyl sites for hydroxylation is 2. The SMILES string of the molecule is CCc1cccc(C)c1N(CCCC(=O)NC(C)(C)CC(C)(C)C)S(C)(=O)=O. The Labute approximate surface area is 172 Å². The van der Waals surface area contributed by atoms with Crippen molar-refractivity contribution in [3.8, 4) is 0 Å². The van der Waals surface area contributed by atoms with Gasteiger partial charge < -0.3 is 5.32 Å². The van der Waals surface area contributed by atoms with Crippen LogP contribution in [0.15, 0.2) is 18.2 Å². The maximum Gasteiger partial charge on any atom is 0.232 e. The number of rotatable bonds is 9. The van der Waals surface area contributed by atoms with Crippen molar-refractivity contribution in [2.45, 2.75) is 79.7 Å². The molecule has 6 heteroatoms. The summed E-state index contributed by atoms with van der Waals surface area (Å²) in [6, 6.07) is 5.83. The second-order valence-corrected chi connectivity index (χ2v) is 11.5. The number of anilines is 1. The van der Waals surface area contributed by atoms with E-state index in [4.69, 9.17) is 0 Å². The minimum absolute atomic E-state index is 0.0387. The van der Waals surface area contributed by atoms with E-state index in [1.54, 1.807) is 0 Å². The first-order valence-corrected chi connectivity index (χ1v) is 11.9. The van der Waals surface area contributed by atoms with Crippen LogP contribution in [-0.2, 0) is 21.2 Å². The first kappa shape index (κ1) is 24.5. The van der Waals surface area contributed by atoms with Gasteiger partial charge in [-0.2, -0.15) is 0 Å². The van der Waals surface area contributed by atoms with E-state index >= 15 is 0 Å². The zero-order valence-electron chi connectivity index (χ0n) is 18.8. The third-order valence-electron chi connectivity index (χ3n) is 4.57. The maximum atomic E-state index is 12.4. The van der Waals surface area contributed by atoms with Crippen LogP contribution in [0, 0.1) is 12.3 Å². The van der Waals surface area contributed by atoms with Crippen molar-refractivity contribution in [1.82, 2.24) is 5.32 Å². The highest BCUT2D eigenvalue weighted by Crippen LogP contribution is 2.29. The topological polar surface area (TPSA) is 66.5 Å². The van der Waals surface area contributed by atoms with Crippen LogP contribution in [0.5, 0.6) is 0 Å². The molecule has 0 bridgehead atoms. The summed E-state index contributed by atoms with van der Waals surface area (Å²) >= 11 is 0. The average molecular weight is 411 g/mol. The summed E-state index contributed by atoms with van der Waals surface area (Å²) in [5.74, 6) is -0.0387. The Morgan fingerprint density at radius 1 is 1.14 bits per heavy atom. The Bertz CT molecular complexity index is 777. The summed E-state index contributed by atoms with van der Waals surface area (Å²) < 4.78 is 26.3. The van der Waals surface area contributed by atoms with Crippen molar-refractivity contribution in [2.75, 3.05) is 17.1 Å². The zero-order chi connectivity index (χ0) is 21.8. The fourth-order valence-corrected chi connectivity index (χ4v) is 5.05. The molecule has 0 spiro atoms. The molecule has 0 radical (unpaired) electrons. The molecular formula is C22H38N2O3S. The van der Waals surface area contributed by atoms with Gasteiger partial charge in [0.1, 0.15) is 0 Å². The van der Waals surface area contributed by atoms with Crippen LogP contribution in [0.2, 0.25) is 0 Å². The van der Waals surface area contributed by atoms with E-state index in [-0.39, 0.29) is 16.9 Å². The number of hydrogen-bond donors (Lipinski definition) is 1. The highest BCUT2D eigenvalue weighted by molar-refractivity contribution is 7.92. The molecule has 0 aliphatic rings. The highest BCUT2D eigenvalue weighted by Gasteiger charge is 2.27. The molecule has 1 rings (SSSR count). The highest BCUT2D eigenvalue weighted by atomic mass is 32.2. The normalized spacial score (nSPS) is 12.7. The van der Waals surface area contributed by atoms with Crippen molar-refractivity contribution in [2.24, 2.45) is 5.41 Å². The Balaban J connectivity index is 2.84. The molecule has 1 amide bonds. The zero-order valence-corrected chi connectivity index (χ0v) is 19.7. The standard InChI is InChI=1S/C22H38N2O3S/c1-9-18-13-10-12-17(2)20(18)24(28(8,26)27)15-11-14-19(25)23-22(6,7)16-21(3,4)5/h10,12-13H,9,11,14-16H2,1-8H3,(H,23,25). The van der Waals surface area contributed by atoms with Gasteiger partial charge in [0, 0.05) is 18.5 Å². The van der Waals surface area contributed by atoms with Gasteiger partial charge in [0.25, 0.3) is 0 Å². The Morgan fingerprint density at radius 2 is 1.75 bits per heavy atom. The molecule has 0 aliphatic heterocycles. The number of hydrogen-bond acceptors (Lipinski definition) is 3. The predicted molar refractivity (Wildman–Crippen MR) is 118 cm³/mol. The fourth-order valence-electron chi connectivity index (χ4n) is 4.00. The number of nitrogens with one attached hydrogen (secondary N) is 1. The molecule has 1 N–H and O–H groups in total. The summed E-state index contributed by atoms with van der Waals surface area (Å²) in [5.41, 5.74) is 2.50. The monoisotopic (exact) mass is 410 g/mol. The van der Waals surface area contributed by atoms with Gasteiger partial charge in [0.15, 0.2) is 0 Å². The van der Waals surface area contributed by atoms with Crippen molar-refractivity contribution in [3.63, 3.8) is 0 Å². The molecule has 0 atom stereocenters. The Morgan fingerprint density at radius 3 is 2.25 bits per heavy atom. The van der Waals surface area contributed by atoms with Gasteiger partial charge in [-0.25, -0.2) is 8.42 Å². The average Bonchev–Trinajstić information content (AvgIpc) is 2.47. The third kappa shape index (κ3) is 7.82. The second kappa shape index (κ2) is 9.29. The number of nitrogens with zero attached hydrogens (tertiary/aromatic N) is 1. The molecule has 0 fully saturated rings. The summed E-state index contributed by atoms with van der Waals surface area (Å²) in [6.07, 6.45) is 3.62. The maximum absolute atomic E-state index is 12.4. The largest absolute Gasteiger partial charge is 0.351 e. The van der Waals surface area contributed by atoms with Gasteiger partial charge in [0.05, 0.1) is 11.9 Å². The van der Waals surface area contributed by atoms with E-state index in [0.29, 0.717) is 19.4 Å². The van der Waals surface area contributed by atoms with Gasteiger partial charge >= 0.3 is 0 Å². The number of carbonyl (C=O) groups is 1. The lowest BCUT2D eigenvalue weighted by Crippen LogP contribution is -2.46. The number of para-hydroxylation sites is 1. The number of benzene rings is 1. The molecule has 28 heavy (non-hydrogen) atoms. The Kier molecular flexibility index (Phi) is 8.12. The van der Waals surface area contributed by atoms with Crippen molar-refractivity contribution >= 4 is 21.6 Å². The molecule has 0 aliphatic carbocycles. The smallest absolute Gasteiger partial charge is 0.232 e. The van der Waals surface area contributed by atoms with Gasteiger partial charge in [-0.15, -0.1) is 0 Å². The van der Waals surface area contributed by atoms with Crippen molar-refractivity contribution in [3.05, 3.63) is 29.3 Å². The molecule has 1 aromatic carbocycles. The summed E-state index contributed by atoms with van der Waals surface area (Å²) in [5, 5.41) is 3.09. The molecule has 5 nitrogen and oxygen atoms in total. The number of carbonyl (C=O) groups excluding carboxylic acids is 1. The lowest BCUT2D eigenvalue weighted by Gasteiger charge is -2.33. The van der Waals surface area contributed by atoms with Crippen LogP contribution >= 0.6 is 0 Å². The van der Waals surface area contributed by atoms with E-state index in [0.717, 1.165) is 29.7 Å². The second-order valence-electron chi connectivity index (χ2n) is 9.54. The van der Waals surface area contributed by atoms with Gasteiger partial charge in [-0.05, 0) is 56.6 Å². The van der Waals surface area contributed by atoms with Crippen molar-refractivity contribution in [1.29, 1.82) is 0 Å². The van der Waals surface area contributed by atoms with E-state index in [1.807, 2.05) is 45.9 Å². The van der Waals surface area contributed by atoms with Crippen LogP contribution in [0.4, 0.5) is 5.69 Å². The molecule has 0 unspecified atom stereocenters.